The molecule has 0 atom stereocenters. The van der Waals surface area contributed by atoms with Gasteiger partial charge in [-0.05, 0) is 12.1 Å². The molecule has 0 bridgehead atoms. The van der Waals surface area contributed by atoms with Crippen molar-refractivity contribution in [3.63, 3.8) is 0 Å². The second kappa shape index (κ2) is 4.41. The SMILES string of the molecule is CC(C)c1nc(-c2cccc(C#N)c2)c(N)n1N. The number of imidazole rings is 1. The van der Waals surface area contributed by atoms with Gasteiger partial charge in [0, 0.05) is 11.5 Å². The van der Waals surface area contributed by atoms with E-state index in [1.165, 1.54) is 4.68 Å². The number of nitriles is 1. The molecule has 92 valence electrons. The highest BCUT2D eigenvalue weighted by Crippen LogP contribution is 2.27. The smallest absolute Gasteiger partial charge is 0.150 e. The van der Waals surface area contributed by atoms with Crippen LogP contribution in [0.15, 0.2) is 24.3 Å². The molecule has 1 aromatic heterocycles. The maximum absolute atomic E-state index is 8.89. The van der Waals surface area contributed by atoms with Crippen LogP contribution in [0.2, 0.25) is 0 Å². The van der Waals surface area contributed by atoms with E-state index in [0.717, 1.165) is 11.4 Å². The zero-order chi connectivity index (χ0) is 13.3. The number of rotatable bonds is 2. The largest absolute Gasteiger partial charge is 0.382 e. The van der Waals surface area contributed by atoms with Gasteiger partial charge in [0.1, 0.15) is 11.5 Å². The zero-order valence-electron chi connectivity index (χ0n) is 10.4. The molecule has 0 fully saturated rings. The van der Waals surface area contributed by atoms with Gasteiger partial charge in [-0.15, -0.1) is 0 Å². The van der Waals surface area contributed by atoms with Gasteiger partial charge in [0.25, 0.3) is 0 Å². The fraction of sp³-hybridized carbons (Fsp3) is 0.231. The fourth-order valence-electron chi connectivity index (χ4n) is 1.82. The molecule has 4 N–H and O–H groups in total. The molecule has 0 unspecified atom stereocenters. The second-order valence-corrected chi connectivity index (χ2v) is 4.42. The second-order valence-electron chi connectivity index (χ2n) is 4.42. The van der Waals surface area contributed by atoms with Crippen LogP contribution in [0.3, 0.4) is 0 Å². The Morgan fingerprint density at radius 2 is 2.11 bits per heavy atom. The van der Waals surface area contributed by atoms with E-state index >= 15 is 0 Å². The zero-order valence-corrected chi connectivity index (χ0v) is 10.4. The number of hydrogen-bond donors (Lipinski definition) is 2. The van der Waals surface area contributed by atoms with E-state index in [4.69, 9.17) is 16.8 Å². The number of nitrogens with zero attached hydrogens (tertiary/aromatic N) is 3. The number of benzene rings is 1. The van der Waals surface area contributed by atoms with Crippen LogP contribution < -0.4 is 11.6 Å². The summed E-state index contributed by atoms with van der Waals surface area (Å²) in [6.07, 6.45) is 0. The van der Waals surface area contributed by atoms with Gasteiger partial charge in [0.2, 0.25) is 0 Å². The molecule has 0 saturated heterocycles. The Labute approximate surface area is 106 Å². The molecule has 2 rings (SSSR count). The third kappa shape index (κ3) is 1.89. The van der Waals surface area contributed by atoms with Gasteiger partial charge < -0.3 is 11.6 Å². The molecular formula is C13H15N5. The van der Waals surface area contributed by atoms with Crippen molar-refractivity contribution in [2.24, 2.45) is 0 Å². The van der Waals surface area contributed by atoms with Crippen LogP contribution in [0.4, 0.5) is 5.82 Å². The monoisotopic (exact) mass is 241 g/mol. The van der Waals surface area contributed by atoms with E-state index in [2.05, 4.69) is 11.1 Å². The first-order valence-electron chi connectivity index (χ1n) is 5.68. The van der Waals surface area contributed by atoms with E-state index in [9.17, 15) is 0 Å². The third-order valence-corrected chi connectivity index (χ3v) is 2.76. The Morgan fingerprint density at radius 1 is 1.39 bits per heavy atom. The first kappa shape index (κ1) is 12.0. The van der Waals surface area contributed by atoms with Gasteiger partial charge in [0.05, 0.1) is 11.6 Å². The fourth-order valence-corrected chi connectivity index (χ4v) is 1.82. The van der Waals surface area contributed by atoms with E-state index in [-0.39, 0.29) is 5.92 Å². The average molecular weight is 241 g/mol. The van der Waals surface area contributed by atoms with Gasteiger partial charge in [0.15, 0.2) is 5.82 Å². The molecule has 5 heteroatoms. The summed E-state index contributed by atoms with van der Waals surface area (Å²) in [5.41, 5.74) is 7.96. The van der Waals surface area contributed by atoms with Crippen molar-refractivity contribution < 1.29 is 0 Å². The summed E-state index contributed by atoms with van der Waals surface area (Å²) in [4.78, 5) is 4.46. The molecule has 0 amide bonds. The number of anilines is 1. The molecule has 0 aliphatic rings. The molecule has 0 spiro atoms. The van der Waals surface area contributed by atoms with E-state index in [1.807, 2.05) is 19.9 Å². The first-order chi connectivity index (χ1) is 8.54. The molecular weight excluding hydrogens is 226 g/mol. The number of nitrogen functional groups attached to an aromatic ring is 2. The summed E-state index contributed by atoms with van der Waals surface area (Å²) < 4.78 is 1.40. The van der Waals surface area contributed by atoms with Crippen molar-refractivity contribution in [1.82, 2.24) is 9.66 Å². The summed E-state index contributed by atoms with van der Waals surface area (Å²) in [6, 6.07) is 9.25. The lowest BCUT2D eigenvalue weighted by Crippen LogP contribution is -2.16. The maximum atomic E-state index is 8.89. The van der Waals surface area contributed by atoms with Gasteiger partial charge in [-0.2, -0.15) is 5.26 Å². The Kier molecular flexibility index (Phi) is 2.94. The van der Waals surface area contributed by atoms with Crippen LogP contribution in [-0.2, 0) is 0 Å². The Bertz CT molecular complexity index is 619. The Morgan fingerprint density at radius 3 is 2.67 bits per heavy atom. The minimum Gasteiger partial charge on any atom is -0.382 e. The molecule has 18 heavy (non-hydrogen) atoms. The van der Waals surface area contributed by atoms with E-state index in [0.29, 0.717) is 17.1 Å². The summed E-state index contributed by atoms with van der Waals surface area (Å²) in [6.45, 7) is 4.00. The van der Waals surface area contributed by atoms with Crippen LogP contribution in [-0.4, -0.2) is 9.66 Å². The summed E-state index contributed by atoms with van der Waals surface area (Å²) in [7, 11) is 0. The van der Waals surface area contributed by atoms with Crippen LogP contribution in [0, 0.1) is 11.3 Å². The van der Waals surface area contributed by atoms with Crippen molar-refractivity contribution in [1.29, 1.82) is 5.26 Å². The number of aromatic nitrogens is 2. The highest BCUT2D eigenvalue weighted by Gasteiger charge is 2.16. The van der Waals surface area contributed by atoms with E-state index in [1.54, 1.807) is 18.2 Å². The molecule has 0 saturated carbocycles. The summed E-state index contributed by atoms with van der Waals surface area (Å²) in [5, 5.41) is 8.89. The number of nitrogens with two attached hydrogens (primary N) is 2. The van der Waals surface area contributed by atoms with Crippen LogP contribution in [0.5, 0.6) is 0 Å². The van der Waals surface area contributed by atoms with Crippen molar-refractivity contribution in [2.75, 3.05) is 11.6 Å². The Hall–Kier alpha value is -2.48. The van der Waals surface area contributed by atoms with Crippen molar-refractivity contribution in [3.8, 4) is 17.3 Å². The predicted octanol–water partition coefficient (Wildman–Crippen LogP) is 1.84. The molecule has 2 aromatic rings. The van der Waals surface area contributed by atoms with Gasteiger partial charge >= 0.3 is 0 Å². The van der Waals surface area contributed by atoms with Crippen molar-refractivity contribution in [3.05, 3.63) is 35.7 Å². The van der Waals surface area contributed by atoms with Gasteiger partial charge in [-0.25, -0.2) is 9.66 Å². The summed E-state index contributed by atoms with van der Waals surface area (Å²) in [5.74, 6) is 7.20. The van der Waals surface area contributed by atoms with E-state index < -0.39 is 0 Å². The standard InChI is InChI=1S/C13H15N5/c1-8(2)13-17-11(12(15)18(13)16)10-5-3-4-9(6-10)7-14/h3-6,8H,15-16H2,1-2H3. The lowest BCUT2D eigenvalue weighted by Gasteiger charge is -2.04. The molecule has 1 heterocycles. The minimum atomic E-state index is 0.185. The number of hydrogen-bond acceptors (Lipinski definition) is 4. The highest BCUT2D eigenvalue weighted by molar-refractivity contribution is 5.72. The molecule has 0 aliphatic heterocycles. The lowest BCUT2D eigenvalue weighted by atomic mass is 10.1. The first-order valence-corrected chi connectivity index (χ1v) is 5.68. The van der Waals surface area contributed by atoms with Crippen molar-refractivity contribution >= 4 is 5.82 Å². The predicted molar refractivity (Wildman–Crippen MR) is 71.0 cm³/mol. The van der Waals surface area contributed by atoms with Gasteiger partial charge in [-0.1, -0.05) is 26.0 Å². The molecule has 5 nitrogen and oxygen atoms in total. The average Bonchev–Trinajstić information content (AvgIpc) is 2.67. The lowest BCUT2D eigenvalue weighted by molar-refractivity contribution is 0.739. The quantitative estimate of drug-likeness (QED) is 0.784. The normalized spacial score (nSPS) is 10.6. The molecule has 0 aliphatic carbocycles. The third-order valence-electron chi connectivity index (χ3n) is 2.76. The topological polar surface area (TPSA) is 93.6 Å². The Balaban J connectivity index is 2.58. The van der Waals surface area contributed by atoms with Crippen LogP contribution in [0.25, 0.3) is 11.3 Å². The minimum absolute atomic E-state index is 0.185. The van der Waals surface area contributed by atoms with Crippen molar-refractivity contribution in [2.45, 2.75) is 19.8 Å². The molecule has 0 radical (unpaired) electrons. The van der Waals surface area contributed by atoms with Gasteiger partial charge in [-0.3, -0.25) is 0 Å². The highest BCUT2D eigenvalue weighted by atomic mass is 15.4. The molecule has 1 aromatic carbocycles. The maximum Gasteiger partial charge on any atom is 0.150 e. The summed E-state index contributed by atoms with van der Waals surface area (Å²) >= 11 is 0. The van der Waals surface area contributed by atoms with Crippen LogP contribution in [0.1, 0.15) is 31.2 Å². The van der Waals surface area contributed by atoms with Crippen LogP contribution >= 0.6 is 0 Å².